The molecule has 1 aromatic carbocycles. The molecule has 13 heteroatoms. The summed E-state index contributed by atoms with van der Waals surface area (Å²) in [7, 11) is 1.83. The molecule has 6 rings (SSSR count). The standard InChI is InChI=1S/C37H50N10O3/c1-25-11-8-9-19-46(25)36-43-42-33-17-14-27(24-47(33)36)50-31-16-15-30(28-12-6-7-13-29(28)31)40-35(49)41-34(21-32(38)37(2,3)4)44(5)26-22-39-45(23-26)18-10-20-48/h6-7,12-14,17,21-25,30-31,38,48H,8-11,15-16,18-20H2,1-5H3,(H2,40,41,49)/b34-21-,38-32?/t25-,30-,31+/m0/s1. The maximum atomic E-state index is 13.6. The highest BCUT2D eigenvalue weighted by atomic mass is 16.5. The Balaban J connectivity index is 1.17. The number of hydrogen-bond acceptors (Lipinski definition) is 9. The molecule has 1 saturated heterocycles. The fourth-order valence-corrected chi connectivity index (χ4v) is 6.61. The number of carbonyl (C=O) groups excluding carboxylic acids is 1. The largest absolute Gasteiger partial charge is 0.484 e. The van der Waals surface area contributed by atoms with E-state index in [1.54, 1.807) is 17.0 Å². The van der Waals surface area contributed by atoms with E-state index in [4.69, 9.17) is 10.1 Å². The Morgan fingerprint density at radius 2 is 1.90 bits per heavy atom. The molecule has 266 valence electrons. The van der Waals surface area contributed by atoms with Gasteiger partial charge in [0.25, 0.3) is 0 Å². The summed E-state index contributed by atoms with van der Waals surface area (Å²) in [4.78, 5) is 17.8. The number of carbonyl (C=O) groups is 1. The Hall–Kier alpha value is -4.91. The van der Waals surface area contributed by atoms with E-state index in [1.807, 2.05) is 79.8 Å². The molecule has 2 aliphatic rings. The van der Waals surface area contributed by atoms with Gasteiger partial charge in [-0.25, -0.2) is 4.79 Å². The minimum atomic E-state index is -0.417. The van der Waals surface area contributed by atoms with Gasteiger partial charge in [-0.3, -0.25) is 14.4 Å². The first kappa shape index (κ1) is 34.9. The van der Waals surface area contributed by atoms with Crippen LogP contribution in [0.25, 0.3) is 5.65 Å². The number of aromatic nitrogens is 5. The second-order valence-electron chi connectivity index (χ2n) is 14.4. The Kier molecular flexibility index (Phi) is 10.4. The molecule has 4 aromatic rings. The van der Waals surface area contributed by atoms with Crippen molar-refractivity contribution < 1.29 is 14.6 Å². The average Bonchev–Trinajstić information content (AvgIpc) is 3.75. The summed E-state index contributed by atoms with van der Waals surface area (Å²) in [6, 6.07) is 11.8. The van der Waals surface area contributed by atoms with Crippen LogP contribution < -0.4 is 25.2 Å². The number of benzene rings is 1. The number of aliphatic hydroxyl groups is 1. The summed E-state index contributed by atoms with van der Waals surface area (Å²) in [6.07, 6.45) is 12.6. The Morgan fingerprint density at radius 3 is 2.66 bits per heavy atom. The summed E-state index contributed by atoms with van der Waals surface area (Å²) in [5.41, 5.74) is 3.55. The van der Waals surface area contributed by atoms with Crippen molar-refractivity contribution in [1.82, 2.24) is 35.0 Å². The van der Waals surface area contributed by atoms with E-state index in [0.717, 1.165) is 53.5 Å². The number of hydrogen-bond donors (Lipinski definition) is 4. The highest BCUT2D eigenvalue weighted by Crippen LogP contribution is 2.39. The summed E-state index contributed by atoms with van der Waals surface area (Å²) < 4.78 is 10.4. The molecule has 0 radical (unpaired) electrons. The molecule has 0 unspecified atom stereocenters. The van der Waals surface area contributed by atoms with Crippen molar-refractivity contribution >= 4 is 29.0 Å². The third kappa shape index (κ3) is 7.77. The highest BCUT2D eigenvalue weighted by Gasteiger charge is 2.30. The quantitative estimate of drug-likeness (QED) is 0.141. The van der Waals surface area contributed by atoms with Gasteiger partial charge in [-0.15, -0.1) is 10.2 Å². The fraction of sp³-hybridized carbons (Fsp3) is 0.486. The minimum Gasteiger partial charge on any atom is -0.484 e. The van der Waals surface area contributed by atoms with Crippen molar-refractivity contribution in [3.63, 3.8) is 0 Å². The van der Waals surface area contributed by atoms with Crippen LogP contribution >= 0.6 is 0 Å². The van der Waals surface area contributed by atoms with Gasteiger partial charge in [0.2, 0.25) is 5.95 Å². The molecular formula is C37H50N10O3. The summed E-state index contributed by atoms with van der Waals surface area (Å²) in [5.74, 6) is 2.05. The van der Waals surface area contributed by atoms with Crippen LogP contribution in [0.1, 0.15) is 89.5 Å². The van der Waals surface area contributed by atoms with Crippen LogP contribution in [0.3, 0.4) is 0 Å². The number of aliphatic hydroxyl groups excluding tert-OH is 1. The Bertz CT molecular complexity index is 1840. The molecule has 4 N–H and O–H groups in total. The topological polar surface area (TPSA) is 149 Å². The van der Waals surface area contributed by atoms with E-state index >= 15 is 0 Å². The van der Waals surface area contributed by atoms with Gasteiger partial charge in [-0.1, -0.05) is 45.0 Å². The zero-order valence-electron chi connectivity index (χ0n) is 29.8. The molecule has 4 heterocycles. The SMILES string of the molecule is C[C@H]1CCCCN1c1nnc2ccc(O[C@@H]3CC[C@H](NC(=O)N/C(=C/C(=N)C(C)(C)C)N(C)c4cnn(CCCO)c4)c4ccccc43)cn12. The van der Waals surface area contributed by atoms with Gasteiger partial charge >= 0.3 is 6.03 Å². The summed E-state index contributed by atoms with van der Waals surface area (Å²) >= 11 is 0. The van der Waals surface area contributed by atoms with Crippen molar-refractivity contribution in [2.75, 3.05) is 30.0 Å². The molecular weight excluding hydrogens is 632 g/mol. The minimum absolute atomic E-state index is 0.0793. The lowest BCUT2D eigenvalue weighted by Gasteiger charge is -2.33. The van der Waals surface area contributed by atoms with Crippen LogP contribution in [0.15, 0.2) is 66.9 Å². The van der Waals surface area contributed by atoms with Crippen molar-refractivity contribution in [3.05, 3.63) is 78.0 Å². The van der Waals surface area contributed by atoms with Gasteiger partial charge in [0, 0.05) is 56.2 Å². The highest BCUT2D eigenvalue weighted by molar-refractivity contribution is 5.98. The smallest absolute Gasteiger partial charge is 0.320 e. The lowest BCUT2D eigenvalue weighted by Crippen LogP contribution is -2.43. The first-order valence-electron chi connectivity index (χ1n) is 17.6. The van der Waals surface area contributed by atoms with E-state index in [0.29, 0.717) is 43.4 Å². The Morgan fingerprint density at radius 1 is 1.10 bits per heavy atom. The van der Waals surface area contributed by atoms with E-state index in [1.165, 1.54) is 6.42 Å². The first-order valence-corrected chi connectivity index (χ1v) is 17.6. The van der Waals surface area contributed by atoms with Crippen LogP contribution in [0.5, 0.6) is 5.75 Å². The molecule has 2 amide bonds. The lowest BCUT2D eigenvalue weighted by atomic mass is 9.85. The number of pyridine rings is 1. The second kappa shape index (κ2) is 14.9. The number of piperidine rings is 1. The van der Waals surface area contributed by atoms with Crippen LogP contribution in [-0.2, 0) is 6.54 Å². The van der Waals surface area contributed by atoms with Gasteiger partial charge in [0.05, 0.1) is 24.1 Å². The Labute approximate surface area is 293 Å². The van der Waals surface area contributed by atoms with Gasteiger partial charge < -0.3 is 30.4 Å². The maximum absolute atomic E-state index is 13.6. The van der Waals surface area contributed by atoms with Crippen LogP contribution in [-0.4, -0.2) is 67.5 Å². The molecule has 1 fully saturated rings. The lowest BCUT2D eigenvalue weighted by molar-refractivity contribution is 0.171. The first-order chi connectivity index (χ1) is 24.0. The summed E-state index contributed by atoms with van der Waals surface area (Å²) in [6.45, 7) is 9.76. The van der Waals surface area contributed by atoms with Crippen LogP contribution in [0, 0.1) is 10.8 Å². The van der Waals surface area contributed by atoms with E-state index in [2.05, 4.69) is 43.8 Å². The molecule has 0 saturated carbocycles. The van der Waals surface area contributed by atoms with Crippen molar-refractivity contribution in [2.45, 2.75) is 91.0 Å². The maximum Gasteiger partial charge on any atom is 0.320 e. The van der Waals surface area contributed by atoms with Gasteiger partial charge in [0.15, 0.2) is 5.65 Å². The van der Waals surface area contributed by atoms with E-state index in [-0.39, 0.29) is 24.8 Å². The van der Waals surface area contributed by atoms with Crippen LogP contribution in [0.2, 0.25) is 0 Å². The fourth-order valence-electron chi connectivity index (χ4n) is 6.61. The van der Waals surface area contributed by atoms with E-state index in [9.17, 15) is 9.90 Å². The molecule has 13 nitrogen and oxygen atoms in total. The number of rotatable bonds is 11. The number of anilines is 2. The summed E-state index contributed by atoms with van der Waals surface area (Å²) in [5, 5.41) is 37.5. The normalized spacial score (nSPS) is 19.6. The number of amides is 2. The van der Waals surface area contributed by atoms with Crippen molar-refractivity contribution in [3.8, 4) is 5.75 Å². The number of allylic oxidation sites excluding steroid dienone is 1. The predicted molar refractivity (Wildman–Crippen MR) is 195 cm³/mol. The number of ether oxygens (including phenoxy) is 1. The third-order valence-corrected chi connectivity index (χ3v) is 9.68. The predicted octanol–water partition coefficient (Wildman–Crippen LogP) is 5.98. The monoisotopic (exact) mass is 682 g/mol. The van der Waals surface area contributed by atoms with Crippen LogP contribution in [0.4, 0.5) is 16.4 Å². The molecule has 0 spiro atoms. The zero-order chi connectivity index (χ0) is 35.4. The van der Waals surface area contributed by atoms with Gasteiger partial charge in [0.1, 0.15) is 17.7 Å². The molecule has 1 aliphatic carbocycles. The van der Waals surface area contributed by atoms with E-state index < -0.39 is 5.41 Å². The molecule has 1 aliphatic heterocycles. The molecule has 3 aromatic heterocycles. The average molecular weight is 683 g/mol. The second-order valence-corrected chi connectivity index (χ2v) is 14.4. The number of fused-ring (bicyclic) bond motifs is 2. The third-order valence-electron chi connectivity index (χ3n) is 9.68. The number of nitrogens with zero attached hydrogens (tertiary/aromatic N) is 7. The number of urea groups is 1. The molecule has 3 atom stereocenters. The molecule has 50 heavy (non-hydrogen) atoms. The zero-order valence-corrected chi connectivity index (χ0v) is 29.8. The van der Waals surface area contributed by atoms with Crippen molar-refractivity contribution in [2.24, 2.45) is 5.41 Å². The van der Waals surface area contributed by atoms with Gasteiger partial charge in [-0.05, 0) is 68.7 Å². The van der Waals surface area contributed by atoms with Crippen molar-refractivity contribution in [1.29, 1.82) is 5.41 Å². The number of aryl methyl sites for hydroxylation is 1. The van der Waals surface area contributed by atoms with Gasteiger partial charge in [-0.2, -0.15) is 5.10 Å². The number of nitrogens with one attached hydrogen (secondary N) is 3. The molecule has 0 bridgehead atoms.